The molecule has 4 rings (SSSR count). The maximum atomic E-state index is 12.4. The first-order chi connectivity index (χ1) is 14.2. The predicted molar refractivity (Wildman–Crippen MR) is 110 cm³/mol. The van der Waals surface area contributed by atoms with Crippen molar-refractivity contribution < 1.29 is 14.3 Å². The van der Waals surface area contributed by atoms with Gasteiger partial charge in [-0.15, -0.1) is 0 Å². The van der Waals surface area contributed by atoms with Crippen molar-refractivity contribution in [2.45, 2.75) is 18.9 Å². The number of nitrogens with one attached hydrogen (secondary N) is 3. The van der Waals surface area contributed by atoms with E-state index in [0.29, 0.717) is 34.5 Å². The number of benzene rings is 2. The van der Waals surface area contributed by atoms with Gasteiger partial charge < -0.3 is 20.7 Å². The number of amides is 3. The number of hydrogen-bond donors (Lipinski definition) is 3. The SMILES string of the molecule is O=C(Nc1ccc(C(=O)Nc2ccc(Oc3ccncc3)cc2)cc1)NC1CC1. The van der Waals surface area contributed by atoms with Crippen LogP contribution in [0.25, 0.3) is 0 Å². The molecule has 3 aromatic rings. The summed E-state index contributed by atoms with van der Waals surface area (Å²) in [6.45, 7) is 0. The molecule has 2 aromatic carbocycles. The van der Waals surface area contributed by atoms with E-state index < -0.39 is 0 Å². The third-order valence-corrected chi connectivity index (χ3v) is 4.32. The van der Waals surface area contributed by atoms with E-state index in [4.69, 9.17) is 4.74 Å². The monoisotopic (exact) mass is 388 g/mol. The number of hydrogen-bond acceptors (Lipinski definition) is 4. The van der Waals surface area contributed by atoms with E-state index in [9.17, 15) is 9.59 Å². The summed E-state index contributed by atoms with van der Waals surface area (Å²) in [6.07, 6.45) is 5.38. The number of aromatic nitrogens is 1. The predicted octanol–water partition coefficient (Wildman–Crippen LogP) is 4.41. The molecule has 1 heterocycles. The van der Waals surface area contributed by atoms with Gasteiger partial charge in [0.2, 0.25) is 0 Å². The Kier molecular flexibility index (Phi) is 5.38. The van der Waals surface area contributed by atoms with Crippen molar-refractivity contribution in [3.8, 4) is 11.5 Å². The van der Waals surface area contributed by atoms with Crippen molar-refractivity contribution in [1.29, 1.82) is 0 Å². The topological polar surface area (TPSA) is 92.4 Å². The largest absolute Gasteiger partial charge is 0.457 e. The van der Waals surface area contributed by atoms with Crippen molar-refractivity contribution in [2.75, 3.05) is 10.6 Å². The lowest BCUT2D eigenvalue weighted by Crippen LogP contribution is -2.30. The zero-order valence-corrected chi connectivity index (χ0v) is 15.6. The van der Waals surface area contributed by atoms with Crippen LogP contribution >= 0.6 is 0 Å². The molecule has 0 aliphatic heterocycles. The number of carbonyl (C=O) groups excluding carboxylic acids is 2. The van der Waals surface area contributed by atoms with E-state index in [1.807, 2.05) is 0 Å². The van der Waals surface area contributed by atoms with Gasteiger partial charge in [-0.05, 0) is 73.5 Å². The molecule has 146 valence electrons. The number of pyridine rings is 1. The molecule has 1 aliphatic carbocycles. The van der Waals surface area contributed by atoms with Crippen molar-refractivity contribution in [3.63, 3.8) is 0 Å². The van der Waals surface area contributed by atoms with Gasteiger partial charge in [-0.1, -0.05) is 0 Å². The summed E-state index contributed by atoms with van der Waals surface area (Å²) < 4.78 is 5.70. The highest BCUT2D eigenvalue weighted by molar-refractivity contribution is 6.04. The van der Waals surface area contributed by atoms with Crippen LogP contribution in [0.3, 0.4) is 0 Å². The van der Waals surface area contributed by atoms with Gasteiger partial charge in [0.15, 0.2) is 0 Å². The average Bonchev–Trinajstić information content (AvgIpc) is 3.54. The lowest BCUT2D eigenvalue weighted by molar-refractivity contribution is 0.102. The van der Waals surface area contributed by atoms with Gasteiger partial charge in [0, 0.05) is 35.4 Å². The molecule has 0 saturated heterocycles. The smallest absolute Gasteiger partial charge is 0.319 e. The minimum absolute atomic E-state index is 0.223. The Hall–Kier alpha value is -3.87. The summed E-state index contributed by atoms with van der Waals surface area (Å²) in [4.78, 5) is 28.1. The fourth-order valence-electron chi connectivity index (χ4n) is 2.64. The molecule has 0 bridgehead atoms. The first-order valence-electron chi connectivity index (χ1n) is 9.32. The highest BCUT2D eigenvalue weighted by Crippen LogP contribution is 2.23. The van der Waals surface area contributed by atoms with Crippen LogP contribution in [0.15, 0.2) is 73.1 Å². The first kappa shape index (κ1) is 18.5. The lowest BCUT2D eigenvalue weighted by Gasteiger charge is -2.09. The highest BCUT2D eigenvalue weighted by Gasteiger charge is 2.23. The number of nitrogens with zero attached hydrogens (tertiary/aromatic N) is 1. The molecule has 3 N–H and O–H groups in total. The van der Waals surface area contributed by atoms with E-state index >= 15 is 0 Å². The Balaban J connectivity index is 1.31. The lowest BCUT2D eigenvalue weighted by atomic mass is 10.2. The standard InChI is InChI=1S/C22H20N4O3/c27-21(15-1-3-17(4-2-15)25-22(28)26-18-5-6-18)24-16-7-9-19(10-8-16)29-20-11-13-23-14-12-20/h1-4,7-14,18H,5-6H2,(H,24,27)(H2,25,26,28). The number of carbonyl (C=O) groups is 2. The molecule has 7 nitrogen and oxygen atoms in total. The van der Waals surface area contributed by atoms with Gasteiger partial charge in [0.25, 0.3) is 5.91 Å². The second kappa shape index (κ2) is 8.43. The van der Waals surface area contributed by atoms with Gasteiger partial charge in [-0.25, -0.2) is 4.79 Å². The number of rotatable bonds is 6. The van der Waals surface area contributed by atoms with Crippen LogP contribution in [0.2, 0.25) is 0 Å². The number of ether oxygens (including phenoxy) is 1. The first-order valence-corrected chi connectivity index (χ1v) is 9.32. The third kappa shape index (κ3) is 5.32. The van der Waals surface area contributed by atoms with Crippen LogP contribution in [-0.4, -0.2) is 23.0 Å². The molecule has 0 radical (unpaired) electrons. The van der Waals surface area contributed by atoms with Crippen LogP contribution in [0.5, 0.6) is 11.5 Å². The van der Waals surface area contributed by atoms with Crippen LogP contribution in [-0.2, 0) is 0 Å². The van der Waals surface area contributed by atoms with Crippen molar-refractivity contribution in [2.24, 2.45) is 0 Å². The quantitative estimate of drug-likeness (QED) is 0.583. The Morgan fingerprint density at radius 1 is 0.793 bits per heavy atom. The maximum absolute atomic E-state index is 12.4. The van der Waals surface area contributed by atoms with Crippen molar-refractivity contribution >= 4 is 23.3 Å². The number of anilines is 2. The molecule has 3 amide bonds. The zero-order valence-electron chi connectivity index (χ0n) is 15.6. The fourth-order valence-corrected chi connectivity index (χ4v) is 2.64. The molecule has 7 heteroatoms. The molecule has 0 unspecified atom stereocenters. The summed E-state index contributed by atoms with van der Waals surface area (Å²) in [6, 6.07) is 17.4. The summed E-state index contributed by atoms with van der Waals surface area (Å²) in [5.41, 5.74) is 1.79. The van der Waals surface area contributed by atoms with E-state index in [-0.39, 0.29) is 11.9 Å². The van der Waals surface area contributed by atoms with Gasteiger partial charge in [-0.3, -0.25) is 9.78 Å². The molecule has 0 atom stereocenters. The molecule has 1 fully saturated rings. The van der Waals surface area contributed by atoms with Crippen molar-refractivity contribution in [3.05, 3.63) is 78.6 Å². The Morgan fingerprint density at radius 3 is 2.03 bits per heavy atom. The van der Waals surface area contributed by atoms with E-state index in [0.717, 1.165) is 12.8 Å². The van der Waals surface area contributed by atoms with Gasteiger partial charge >= 0.3 is 6.03 Å². The summed E-state index contributed by atoms with van der Waals surface area (Å²) in [5, 5.41) is 8.44. The minimum atomic E-state index is -0.234. The summed E-state index contributed by atoms with van der Waals surface area (Å²) >= 11 is 0. The van der Waals surface area contributed by atoms with Crippen molar-refractivity contribution in [1.82, 2.24) is 10.3 Å². The van der Waals surface area contributed by atoms with E-state index in [2.05, 4.69) is 20.9 Å². The second-order valence-corrected chi connectivity index (χ2v) is 6.71. The molecule has 1 aliphatic rings. The van der Waals surface area contributed by atoms with Gasteiger partial charge in [-0.2, -0.15) is 0 Å². The summed E-state index contributed by atoms with van der Waals surface area (Å²) in [5.74, 6) is 1.12. The van der Waals surface area contributed by atoms with Gasteiger partial charge in [0.05, 0.1) is 0 Å². The van der Waals surface area contributed by atoms with Crippen LogP contribution in [0.4, 0.5) is 16.2 Å². The molecular weight excluding hydrogens is 368 g/mol. The van der Waals surface area contributed by atoms with E-state index in [1.54, 1.807) is 73.1 Å². The molecule has 0 spiro atoms. The fraction of sp³-hybridized carbons (Fsp3) is 0.136. The Morgan fingerprint density at radius 2 is 1.38 bits per heavy atom. The summed E-state index contributed by atoms with van der Waals surface area (Å²) in [7, 11) is 0. The van der Waals surface area contributed by atoms with Crippen LogP contribution in [0.1, 0.15) is 23.2 Å². The van der Waals surface area contributed by atoms with Crippen LogP contribution < -0.4 is 20.7 Å². The van der Waals surface area contributed by atoms with Crippen LogP contribution in [0, 0.1) is 0 Å². The number of urea groups is 1. The Bertz CT molecular complexity index is 985. The van der Waals surface area contributed by atoms with E-state index in [1.165, 1.54) is 0 Å². The minimum Gasteiger partial charge on any atom is -0.457 e. The average molecular weight is 388 g/mol. The zero-order chi connectivity index (χ0) is 20.1. The highest BCUT2D eigenvalue weighted by atomic mass is 16.5. The normalized spacial score (nSPS) is 12.7. The van der Waals surface area contributed by atoms with Gasteiger partial charge in [0.1, 0.15) is 11.5 Å². The third-order valence-electron chi connectivity index (χ3n) is 4.32. The second-order valence-electron chi connectivity index (χ2n) is 6.71. The molecule has 1 aromatic heterocycles. The molecule has 1 saturated carbocycles. The molecular formula is C22H20N4O3. The Labute approximate surface area is 168 Å². The molecule has 29 heavy (non-hydrogen) atoms. The maximum Gasteiger partial charge on any atom is 0.319 e.